The molecular weight excluding hydrogens is 553 g/mol. The zero-order valence-electron chi connectivity index (χ0n) is 21.8. The van der Waals surface area contributed by atoms with Gasteiger partial charge in [0.15, 0.2) is 11.5 Å². The summed E-state index contributed by atoms with van der Waals surface area (Å²) in [5.41, 5.74) is 5.71. The molecule has 1 fully saturated rings. The number of halogens is 5. The van der Waals surface area contributed by atoms with E-state index < -0.39 is 34.5 Å². The predicted octanol–water partition coefficient (Wildman–Crippen LogP) is 3.94. The average Bonchev–Trinajstić information content (AvgIpc) is 2.88. The van der Waals surface area contributed by atoms with Crippen molar-refractivity contribution in [2.75, 3.05) is 24.7 Å². The fourth-order valence-electron chi connectivity index (χ4n) is 4.20. The lowest BCUT2D eigenvalue weighted by molar-refractivity contribution is -0.138. The van der Waals surface area contributed by atoms with Crippen LogP contribution in [0.4, 0.5) is 33.5 Å². The molecule has 1 aliphatic heterocycles. The Balaban J connectivity index is 0.000000271. The van der Waals surface area contributed by atoms with E-state index in [0.717, 1.165) is 25.5 Å². The average molecular weight is 580 g/mol. The summed E-state index contributed by atoms with van der Waals surface area (Å²) in [4.78, 5) is 31.4. The summed E-state index contributed by atoms with van der Waals surface area (Å²) in [6.07, 6.45) is 1.96. The Morgan fingerprint density at radius 1 is 1.15 bits per heavy atom. The number of alkyl halides is 4. The van der Waals surface area contributed by atoms with E-state index in [9.17, 15) is 31.5 Å². The third kappa shape index (κ3) is 6.19. The minimum atomic E-state index is -4.74. The summed E-state index contributed by atoms with van der Waals surface area (Å²) >= 11 is 0. The van der Waals surface area contributed by atoms with Gasteiger partial charge in [0, 0.05) is 18.9 Å². The van der Waals surface area contributed by atoms with Gasteiger partial charge in [-0.3, -0.25) is 9.59 Å². The molecule has 0 spiro atoms. The van der Waals surface area contributed by atoms with Crippen molar-refractivity contribution >= 4 is 22.3 Å². The first-order valence-corrected chi connectivity index (χ1v) is 12.5. The number of nitrogens with one attached hydrogen (secondary N) is 1. The van der Waals surface area contributed by atoms with Crippen LogP contribution in [0, 0.1) is 5.82 Å². The molecule has 4 aromatic rings. The lowest BCUT2D eigenvalue weighted by Gasteiger charge is -2.34. The van der Waals surface area contributed by atoms with Gasteiger partial charge >= 0.3 is 6.18 Å². The number of benzene rings is 1. The molecule has 15 heteroatoms. The summed E-state index contributed by atoms with van der Waals surface area (Å²) in [7, 11) is 0. The van der Waals surface area contributed by atoms with Crippen molar-refractivity contribution in [1.29, 1.82) is 0 Å². The van der Waals surface area contributed by atoms with Gasteiger partial charge in [0.1, 0.15) is 17.2 Å². The second kappa shape index (κ2) is 11.6. The number of nitrogen functional groups attached to an aromatic ring is 2. The number of pyridine rings is 1. The molecule has 5 N–H and O–H groups in total. The quantitative estimate of drug-likeness (QED) is 0.229. The molecule has 0 bridgehead atoms. The lowest BCUT2D eigenvalue weighted by Crippen LogP contribution is -2.43. The molecule has 4 heterocycles. The molecular formula is C26H26F5N7O3. The number of aromatic nitrogens is 5. The third-order valence-electron chi connectivity index (χ3n) is 6.44. The number of unbranched alkanes of at least 4 members (excludes halogenated alkanes) is 2. The Labute approximate surface area is 229 Å². The Morgan fingerprint density at radius 2 is 1.88 bits per heavy atom. The van der Waals surface area contributed by atoms with Crippen LogP contribution in [0.3, 0.4) is 0 Å². The SMILES string of the molecule is CCCCCn1ccc2cc(-c3ncc(C4(F)COC4)c(N)n3)c(F)cc2c1=O.Nc1cn[nH]c(=O)c1C(F)(F)F. The van der Waals surface area contributed by atoms with Crippen molar-refractivity contribution in [2.24, 2.45) is 0 Å². The number of rotatable bonds is 6. The summed E-state index contributed by atoms with van der Waals surface area (Å²) in [6, 6.07) is 4.49. The number of aryl methyl sites for hydroxylation is 1. The number of fused-ring (bicyclic) bond motifs is 1. The molecule has 0 amide bonds. The smallest absolute Gasteiger partial charge is 0.397 e. The maximum Gasteiger partial charge on any atom is 0.423 e. The molecule has 5 rings (SSSR count). The molecule has 0 radical (unpaired) electrons. The second-order valence-corrected chi connectivity index (χ2v) is 9.42. The molecule has 0 aliphatic carbocycles. The van der Waals surface area contributed by atoms with Crippen LogP contribution in [0.5, 0.6) is 0 Å². The van der Waals surface area contributed by atoms with Gasteiger partial charge in [-0.05, 0) is 30.0 Å². The first-order chi connectivity index (χ1) is 19.4. The van der Waals surface area contributed by atoms with Gasteiger partial charge in [-0.15, -0.1) is 0 Å². The molecule has 1 aromatic carbocycles. The molecule has 0 saturated carbocycles. The molecule has 10 nitrogen and oxygen atoms in total. The highest BCUT2D eigenvalue weighted by Crippen LogP contribution is 2.37. The monoisotopic (exact) mass is 579 g/mol. The number of hydrogen-bond acceptors (Lipinski definition) is 8. The minimum Gasteiger partial charge on any atom is -0.397 e. The van der Waals surface area contributed by atoms with Gasteiger partial charge in [0.05, 0.1) is 41.6 Å². The van der Waals surface area contributed by atoms with Gasteiger partial charge in [0.25, 0.3) is 11.1 Å². The first-order valence-electron chi connectivity index (χ1n) is 12.5. The van der Waals surface area contributed by atoms with E-state index in [1.165, 1.54) is 18.3 Å². The predicted molar refractivity (Wildman–Crippen MR) is 141 cm³/mol. The van der Waals surface area contributed by atoms with E-state index >= 15 is 0 Å². The Morgan fingerprint density at radius 3 is 2.44 bits per heavy atom. The van der Waals surface area contributed by atoms with Gasteiger partial charge in [0.2, 0.25) is 0 Å². The normalized spacial score (nSPS) is 14.3. The van der Waals surface area contributed by atoms with E-state index in [0.29, 0.717) is 17.3 Å². The van der Waals surface area contributed by atoms with Crippen LogP contribution in [0.25, 0.3) is 22.2 Å². The van der Waals surface area contributed by atoms with Crippen LogP contribution in [0.15, 0.2) is 46.4 Å². The maximum atomic E-state index is 14.8. The Bertz CT molecular complexity index is 1680. The number of hydrogen-bond donors (Lipinski definition) is 3. The van der Waals surface area contributed by atoms with E-state index in [2.05, 4.69) is 22.0 Å². The third-order valence-corrected chi connectivity index (χ3v) is 6.44. The van der Waals surface area contributed by atoms with E-state index in [-0.39, 0.29) is 41.5 Å². The highest BCUT2D eigenvalue weighted by atomic mass is 19.4. The number of nitrogens with two attached hydrogens (primary N) is 2. The highest BCUT2D eigenvalue weighted by molar-refractivity contribution is 5.86. The maximum absolute atomic E-state index is 14.8. The van der Waals surface area contributed by atoms with Crippen molar-refractivity contribution < 1.29 is 26.7 Å². The molecule has 1 saturated heterocycles. The molecule has 0 unspecified atom stereocenters. The van der Waals surface area contributed by atoms with Crippen molar-refractivity contribution in [3.8, 4) is 11.4 Å². The van der Waals surface area contributed by atoms with Crippen LogP contribution >= 0.6 is 0 Å². The number of aromatic amines is 1. The van der Waals surface area contributed by atoms with Gasteiger partial charge < -0.3 is 20.8 Å². The summed E-state index contributed by atoms with van der Waals surface area (Å²) in [5, 5.41) is 5.61. The Kier molecular flexibility index (Phi) is 8.37. The fourth-order valence-corrected chi connectivity index (χ4v) is 4.20. The molecule has 41 heavy (non-hydrogen) atoms. The zero-order valence-corrected chi connectivity index (χ0v) is 21.8. The largest absolute Gasteiger partial charge is 0.423 e. The zero-order chi connectivity index (χ0) is 29.9. The highest BCUT2D eigenvalue weighted by Gasteiger charge is 2.43. The minimum absolute atomic E-state index is 0.0432. The van der Waals surface area contributed by atoms with E-state index in [1.807, 2.05) is 0 Å². The number of H-pyrrole nitrogens is 1. The van der Waals surface area contributed by atoms with Crippen molar-refractivity contribution in [3.05, 3.63) is 74.4 Å². The molecule has 0 atom stereocenters. The summed E-state index contributed by atoms with van der Waals surface area (Å²) < 4.78 is 71.8. The summed E-state index contributed by atoms with van der Waals surface area (Å²) in [6.45, 7) is 2.49. The number of nitrogens with zero attached hydrogens (tertiary/aromatic N) is 4. The number of anilines is 2. The number of ether oxygens (including phenoxy) is 1. The molecule has 218 valence electrons. The van der Waals surface area contributed by atoms with E-state index in [1.54, 1.807) is 21.9 Å². The van der Waals surface area contributed by atoms with Crippen LogP contribution in [0.2, 0.25) is 0 Å². The molecule has 3 aromatic heterocycles. The van der Waals surface area contributed by atoms with Crippen LogP contribution in [-0.2, 0) is 23.1 Å². The van der Waals surface area contributed by atoms with Crippen molar-refractivity contribution in [3.63, 3.8) is 0 Å². The van der Waals surface area contributed by atoms with E-state index in [4.69, 9.17) is 16.2 Å². The van der Waals surface area contributed by atoms with Crippen molar-refractivity contribution in [2.45, 2.75) is 44.6 Å². The van der Waals surface area contributed by atoms with Gasteiger partial charge in [-0.25, -0.2) is 23.8 Å². The topological polar surface area (TPSA) is 155 Å². The Hall–Kier alpha value is -4.40. The van der Waals surface area contributed by atoms with Gasteiger partial charge in [-0.1, -0.05) is 19.8 Å². The van der Waals surface area contributed by atoms with Crippen LogP contribution in [0.1, 0.15) is 37.3 Å². The summed E-state index contributed by atoms with van der Waals surface area (Å²) in [5.74, 6) is -0.636. The van der Waals surface area contributed by atoms with Crippen LogP contribution in [-0.4, -0.2) is 37.9 Å². The lowest BCUT2D eigenvalue weighted by atomic mass is 9.96. The van der Waals surface area contributed by atoms with Crippen LogP contribution < -0.4 is 22.6 Å². The fraction of sp³-hybridized carbons (Fsp3) is 0.346. The van der Waals surface area contributed by atoms with Crippen molar-refractivity contribution in [1.82, 2.24) is 24.7 Å². The molecule has 1 aliphatic rings. The standard InChI is InChI=1S/C21H22F2N4O2.C5H4F3N3O/c1-2-3-4-6-27-7-5-13-8-15(17(22)9-14(13)20(27)28)19-25-10-16(18(24)26-19)21(23)11-29-12-21;6-5(7,8)3-2(9)1-10-11-4(3)12/h5,7-10H,2-4,6,11-12H2,1H3,(H2,24,25,26);1H,(H3,9,11,12). The van der Waals surface area contributed by atoms with Gasteiger partial charge in [-0.2, -0.15) is 18.3 Å². The second-order valence-electron chi connectivity index (χ2n) is 9.42. The first kappa shape index (κ1) is 29.6.